The predicted molar refractivity (Wildman–Crippen MR) is 78.9 cm³/mol. The molecule has 0 amide bonds. The molecule has 1 heterocycles. The lowest BCUT2D eigenvalue weighted by molar-refractivity contribution is 0.0579. The van der Waals surface area contributed by atoms with Gasteiger partial charge in [0.25, 0.3) is 0 Å². The molecule has 106 valence electrons. The molecule has 0 bridgehead atoms. The SMILES string of the molecule is CCC1CNC(CC)(CC)CN1CC1CCCC1. The Morgan fingerprint density at radius 2 is 1.78 bits per heavy atom. The first kappa shape index (κ1) is 14.3. The molecule has 1 N–H and O–H groups in total. The van der Waals surface area contributed by atoms with E-state index in [0.717, 1.165) is 12.0 Å². The summed E-state index contributed by atoms with van der Waals surface area (Å²) >= 11 is 0. The van der Waals surface area contributed by atoms with Crippen molar-refractivity contribution in [3.05, 3.63) is 0 Å². The zero-order valence-electron chi connectivity index (χ0n) is 12.7. The number of hydrogen-bond acceptors (Lipinski definition) is 2. The van der Waals surface area contributed by atoms with Gasteiger partial charge in [-0.3, -0.25) is 4.90 Å². The molecule has 1 atom stereocenters. The van der Waals surface area contributed by atoms with Crippen molar-refractivity contribution in [2.24, 2.45) is 5.92 Å². The zero-order chi connectivity index (χ0) is 13.0. The van der Waals surface area contributed by atoms with E-state index in [2.05, 4.69) is 31.0 Å². The third kappa shape index (κ3) is 3.08. The summed E-state index contributed by atoms with van der Waals surface area (Å²) < 4.78 is 0. The Labute approximate surface area is 114 Å². The van der Waals surface area contributed by atoms with Gasteiger partial charge in [-0.05, 0) is 38.0 Å². The topological polar surface area (TPSA) is 15.3 Å². The van der Waals surface area contributed by atoms with E-state index in [9.17, 15) is 0 Å². The summed E-state index contributed by atoms with van der Waals surface area (Å²) in [4.78, 5) is 2.82. The summed E-state index contributed by atoms with van der Waals surface area (Å²) in [6, 6.07) is 0.775. The Balaban J connectivity index is 1.97. The van der Waals surface area contributed by atoms with Gasteiger partial charge in [-0.15, -0.1) is 0 Å². The molecule has 0 spiro atoms. The monoisotopic (exact) mass is 252 g/mol. The van der Waals surface area contributed by atoms with Gasteiger partial charge in [0.1, 0.15) is 0 Å². The highest BCUT2D eigenvalue weighted by Gasteiger charge is 2.36. The molecule has 2 aliphatic rings. The molecule has 0 aromatic heterocycles. The highest BCUT2D eigenvalue weighted by Crippen LogP contribution is 2.29. The van der Waals surface area contributed by atoms with Gasteiger partial charge in [-0.25, -0.2) is 0 Å². The molecule has 1 saturated heterocycles. The van der Waals surface area contributed by atoms with Crippen LogP contribution in [0.2, 0.25) is 0 Å². The second-order valence-electron chi connectivity index (χ2n) is 6.51. The van der Waals surface area contributed by atoms with Crippen LogP contribution in [-0.4, -0.2) is 36.1 Å². The second kappa shape index (κ2) is 6.38. The average Bonchev–Trinajstić information content (AvgIpc) is 2.91. The van der Waals surface area contributed by atoms with Gasteiger partial charge in [0.2, 0.25) is 0 Å². The number of nitrogens with one attached hydrogen (secondary N) is 1. The van der Waals surface area contributed by atoms with E-state index >= 15 is 0 Å². The summed E-state index contributed by atoms with van der Waals surface area (Å²) in [5.74, 6) is 0.989. The number of nitrogens with zero attached hydrogens (tertiary/aromatic N) is 1. The number of hydrogen-bond donors (Lipinski definition) is 1. The van der Waals surface area contributed by atoms with Crippen LogP contribution in [0.15, 0.2) is 0 Å². The fraction of sp³-hybridized carbons (Fsp3) is 1.00. The minimum absolute atomic E-state index is 0.393. The lowest BCUT2D eigenvalue weighted by atomic mass is 9.87. The van der Waals surface area contributed by atoms with Crippen molar-refractivity contribution in [3.8, 4) is 0 Å². The molecule has 2 rings (SSSR count). The minimum atomic E-state index is 0.393. The molecule has 18 heavy (non-hydrogen) atoms. The van der Waals surface area contributed by atoms with Crippen molar-refractivity contribution in [2.45, 2.75) is 77.3 Å². The normalized spacial score (nSPS) is 29.8. The predicted octanol–water partition coefficient (Wildman–Crippen LogP) is 3.42. The van der Waals surface area contributed by atoms with E-state index in [0.29, 0.717) is 5.54 Å². The fourth-order valence-corrected chi connectivity index (χ4v) is 3.90. The van der Waals surface area contributed by atoms with Crippen LogP contribution in [0.1, 0.15) is 65.7 Å². The molecular formula is C16H32N2. The zero-order valence-corrected chi connectivity index (χ0v) is 12.7. The maximum Gasteiger partial charge on any atom is 0.0304 e. The second-order valence-corrected chi connectivity index (χ2v) is 6.51. The molecule has 0 aromatic carbocycles. The molecule has 1 saturated carbocycles. The van der Waals surface area contributed by atoms with Crippen molar-refractivity contribution in [1.29, 1.82) is 0 Å². The maximum atomic E-state index is 3.85. The average molecular weight is 252 g/mol. The first-order chi connectivity index (χ1) is 8.73. The van der Waals surface area contributed by atoms with Crippen LogP contribution in [0.3, 0.4) is 0 Å². The summed E-state index contributed by atoms with van der Waals surface area (Å²) in [5.41, 5.74) is 0.393. The first-order valence-corrected chi connectivity index (χ1v) is 8.22. The minimum Gasteiger partial charge on any atom is -0.308 e. The Morgan fingerprint density at radius 3 is 2.33 bits per heavy atom. The molecule has 2 heteroatoms. The number of piperazine rings is 1. The van der Waals surface area contributed by atoms with Crippen LogP contribution in [0, 0.1) is 5.92 Å². The van der Waals surface area contributed by atoms with Crippen LogP contribution < -0.4 is 5.32 Å². The van der Waals surface area contributed by atoms with Crippen LogP contribution in [0.5, 0.6) is 0 Å². The maximum absolute atomic E-state index is 3.85. The molecule has 2 nitrogen and oxygen atoms in total. The standard InChI is InChI=1S/C16H32N2/c1-4-15-11-17-16(5-2,6-3)13-18(15)12-14-9-7-8-10-14/h14-15,17H,4-13H2,1-3H3. The molecule has 1 unspecified atom stereocenters. The van der Waals surface area contributed by atoms with E-state index in [-0.39, 0.29) is 0 Å². The van der Waals surface area contributed by atoms with E-state index in [1.807, 2.05) is 0 Å². The van der Waals surface area contributed by atoms with E-state index in [1.165, 1.54) is 64.6 Å². The van der Waals surface area contributed by atoms with Gasteiger partial charge in [0.15, 0.2) is 0 Å². The Kier molecular flexibility index (Phi) is 5.08. The van der Waals surface area contributed by atoms with E-state index in [1.54, 1.807) is 0 Å². The van der Waals surface area contributed by atoms with Crippen LogP contribution in [-0.2, 0) is 0 Å². The largest absolute Gasteiger partial charge is 0.308 e. The lowest BCUT2D eigenvalue weighted by Crippen LogP contribution is -2.64. The fourth-order valence-electron chi connectivity index (χ4n) is 3.90. The van der Waals surface area contributed by atoms with Crippen molar-refractivity contribution in [1.82, 2.24) is 10.2 Å². The van der Waals surface area contributed by atoms with Crippen molar-refractivity contribution in [2.75, 3.05) is 19.6 Å². The highest BCUT2D eigenvalue weighted by atomic mass is 15.3. The molecule has 1 aliphatic heterocycles. The quantitative estimate of drug-likeness (QED) is 0.806. The van der Waals surface area contributed by atoms with E-state index in [4.69, 9.17) is 0 Å². The molecular weight excluding hydrogens is 220 g/mol. The number of rotatable bonds is 5. The summed E-state index contributed by atoms with van der Waals surface area (Å²) in [6.07, 6.45) is 9.73. The Morgan fingerprint density at radius 1 is 1.11 bits per heavy atom. The summed E-state index contributed by atoms with van der Waals surface area (Å²) in [6.45, 7) is 10.9. The third-order valence-electron chi connectivity index (χ3n) is 5.53. The van der Waals surface area contributed by atoms with Gasteiger partial charge >= 0.3 is 0 Å². The highest BCUT2D eigenvalue weighted by molar-refractivity contribution is 4.97. The molecule has 2 fully saturated rings. The van der Waals surface area contributed by atoms with Crippen LogP contribution in [0.25, 0.3) is 0 Å². The lowest BCUT2D eigenvalue weighted by Gasteiger charge is -2.48. The summed E-state index contributed by atoms with van der Waals surface area (Å²) in [7, 11) is 0. The molecule has 1 aliphatic carbocycles. The Hall–Kier alpha value is -0.0800. The third-order valence-corrected chi connectivity index (χ3v) is 5.53. The van der Waals surface area contributed by atoms with E-state index < -0.39 is 0 Å². The molecule has 0 radical (unpaired) electrons. The van der Waals surface area contributed by atoms with Gasteiger partial charge in [-0.1, -0.05) is 33.6 Å². The first-order valence-electron chi connectivity index (χ1n) is 8.22. The summed E-state index contributed by atoms with van der Waals surface area (Å²) in [5, 5.41) is 3.85. The Bertz CT molecular complexity index is 241. The van der Waals surface area contributed by atoms with Gasteiger partial charge < -0.3 is 5.32 Å². The van der Waals surface area contributed by atoms with Crippen molar-refractivity contribution in [3.63, 3.8) is 0 Å². The van der Waals surface area contributed by atoms with Gasteiger partial charge in [0, 0.05) is 31.2 Å². The smallest absolute Gasteiger partial charge is 0.0304 e. The van der Waals surface area contributed by atoms with Crippen LogP contribution in [0.4, 0.5) is 0 Å². The van der Waals surface area contributed by atoms with Crippen molar-refractivity contribution >= 4 is 0 Å². The van der Waals surface area contributed by atoms with Crippen molar-refractivity contribution < 1.29 is 0 Å². The van der Waals surface area contributed by atoms with Crippen LogP contribution >= 0.6 is 0 Å². The molecule has 0 aromatic rings. The van der Waals surface area contributed by atoms with Gasteiger partial charge in [0.05, 0.1) is 0 Å². The van der Waals surface area contributed by atoms with Gasteiger partial charge in [-0.2, -0.15) is 0 Å².